The summed E-state index contributed by atoms with van der Waals surface area (Å²) in [6, 6.07) is 2.22. The Balaban J connectivity index is 2.12. The molecule has 0 bridgehead atoms. The van der Waals surface area contributed by atoms with Crippen LogP contribution in [0.2, 0.25) is 0 Å². The van der Waals surface area contributed by atoms with Crippen molar-refractivity contribution in [1.82, 2.24) is 9.97 Å². The van der Waals surface area contributed by atoms with Crippen molar-refractivity contribution < 1.29 is 0 Å². The molecule has 4 nitrogen and oxygen atoms in total. The van der Waals surface area contributed by atoms with E-state index in [0.29, 0.717) is 5.82 Å². The van der Waals surface area contributed by atoms with Crippen LogP contribution in [0, 0.1) is 13.8 Å². The van der Waals surface area contributed by atoms with Crippen LogP contribution in [0.3, 0.4) is 0 Å². The third kappa shape index (κ3) is 3.23. The Morgan fingerprint density at radius 1 is 1.32 bits per heavy atom. The second-order valence-electron chi connectivity index (χ2n) is 4.64. The van der Waals surface area contributed by atoms with Crippen molar-refractivity contribution in [2.24, 2.45) is 0 Å². The smallest absolute Gasteiger partial charge is 0.135 e. The van der Waals surface area contributed by atoms with Gasteiger partial charge in [0.15, 0.2) is 0 Å². The molecule has 0 saturated heterocycles. The minimum Gasteiger partial charge on any atom is -0.383 e. The number of nitrogen functional groups attached to an aromatic ring is 1. The van der Waals surface area contributed by atoms with Crippen LogP contribution in [0.1, 0.15) is 34.2 Å². The van der Waals surface area contributed by atoms with Crippen molar-refractivity contribution in [3.05, 3.63) is 33.3 Å². The van der Waals surface area contributed by atoms with Crippen LogP contribution < -0.4 is 11.1 Å². The second kappa shape index (κ2) is 6.02. The van der Waals surface area contributed by atoms with Crippen LogP contribution in [-0.2, 0) is 13.0 Å². The lowest BCUT2D eigenvalue weighted by molar-refractivity contribution is 0.902. The van der Waals surface area contributed by atoms with E-state index < -0.39 is 0 Å². The van der Waals surface area contributed by atoms with E-state index in [-0.39, 0.29) is 0 Å². The zero-order chi connectivity index (χ0) is 13.8. The Labute approximate surface area is 118 Å². The first-order chi connectivity index (χ1) is 9.11. The fourth-order valence-corrected chi connectivity index (χ4v) is 2.98. The molecule has 0 unspecified atom stereocenters. The molecule has 0 spiro atoms. The fraction of sp³-hybridized carbons (Fsp3) is 0.429. The Morgan fingerprint density at radius 3 is 2.74 bits per heavy atom. The van der Waals surface area contributed by atoms with E-state index in [9.17, 15) is 0 Å². The zero-order valence-corrected chi connectivity index (χ0v) is 12.5. The van der Waals surface area contributed by atoms with Gasteiger partial charge >= 0.3 is 0 Å². The zero-order valence-electron chi connectivity index (χ0n) is 11.7. The number of nitrogens with two attached hydrogens (primary N) is 1. The molecule has 2 heterocycles. The lowest BCUT2D eigenvalue weighted by Gasteiger charge is -2.11. The van der Waals surface area contributed by atoms with Crippen molar-refractivity contribution >= 4 is 23.0 Å². The standard InChI is InChI=1S/C14H20N4S/c1-4-5-12-13(15)17-8-18-14(12)16-7-11-6-9(2)10(3)19-11/h6,8H,4-5,7H2,1-3H3,(H3,15,16,17,18). The summed E-state index contributed by atoms with van der Waals surface area (Å²) in [5, 5.41) is 3.38. The molecule has 0 aliphatic heterocycles. The van der Waals surface area contributed by atoms with E-state index in [4.69, 9.17) is 5.73 Å². The van der Waals surface area contributed by atoms with Gasteiger partial charge in [-0.1, -0.05) is 13.3 Å². The minimum atomic E-state index is 0.581. The highest BCUT2D eigenvalue weighted by molar-refractivity contribution is 7.12. The van der Waals surface area contributed by atoms with Gasteiger partial charge in [0.1, 0.15) is 18.0 Å². The molecule has 2 aromatic rings. The average Bonchev–Trinajstić information content (AvgIpc) is 2.70. The molecule has 0 radical (unpaired) electrons. The minimum absolute atomic E-state index is 0.581. The molecule has 0 aliphatic rings. The van der Waals surface area contributed by atoms with Crippen molar-refractivity contribution in [3.8, 4) is 0 Å². The number of rotatable bonds is 5. The molecular formula is C14H20N4S. The Hall–Kier alpha value is -1.62. The van der Waals surface area contributed by atoms with Crippen molar-refractivity contribution in [3.63, 3.8) is 0 Å². The summed E-state index contributed by atoms with van der Waals surface area (Å²) in [7, 11) is 0. The Kier molecular flexibility index (Phi) is 4.37. The van der Waals surface area contributed by atoms with Gasteiger partial charge in [-0.25, -0.2) is 9.97 Å². The molecule has 2 rings (SSSR count). The number of anilines is 2. The number of nitrogens with one attached hydrogen (secondary N) is 1. The highest BCUT2D eigenvalue weighted by atomic mass is 32.1. The summed E-state index contributed by atoms with van der Waals surface area (Å²) in [6.45, 7) is 7.20. The molecule has 0 fully saturated rings. The summed E-state index contributed by atoms with van der Waals surface area (Å²) < 4.78 is 0. The van der Waals surface area contributed by atoms with Crippen molar-refractivity contribution in [2.45, 2.75) is 40.2 Å². The molecular weight excluding hydrogens is 256 g/mol. The van der Waals surface area contributed by atoms with E-state index in [1.54, 1.807) is 0 Å². The normalized spacial score (nSPS) is 10.7. The molecule has 0 aromatic carbocycles. The summed E-state index contributed by atoms with van der Waals surface area (Å²) in [4.78, 5) is 11.0. The maximum absolute atomic E-state index is 5.92. The molecule has 2 aromatic heterocycles. The van der Waals surface area contributed by atoms with Crippen LogP contribution in [0.5, 0.6) is 0 Å². The van der Waals surface area contributed by atoms with Crippen LogP contribution in [0.15, 0.2) is 12.4 Å². The van der Waals surface area contributed by atoms with Gasteiger partial charge < -0.3 is 11.1 Å². The first-order valence-electron chi connectivity index (χ1n) is 6.51. The predicted octanol–water partition coefficient (Wildman–Crippen LogP) is 3.30. The Bertz CT molecular complexity index is 543. The van der Waals surface area contributed by atoms with E-state index in [0.717, 1.165) is 30.8 Å². The van der Waals surface area contributed by atoms with Gasteiger partial charge in [0.2, 0.25) is 0 Å². The summed E-state index contributed by atoms with van der Waals surface area (Å²) in [5.41, 5.74) is 8.28. The molecule has 3 N–H and O–H groups in total. The molecule has 0 saturated carbocycles. The number of nitrogens with zero attached hydrogens (tertiary/aromatic N) is 2. The molecule has 102 valence electrons. The largest absolute Gasteiger partial charge is 0.383 e. The third-order valence-corrected chi connectivity index (χ3v) is 4.28. The van der Waals surface area contributed by atoms with Gasteiger partial charge in [0.05, 0.1) is 6.54 Å². The maximum Gasteiger partial charge on any atom is 0.135 e. The van der Waals surface area contributed by atoms with Gasteiger partial charge in [0.25, 0.3) is 0 Å². The molecule has 0 atom stereocenters. The quantitative estimate of drug-likeness (QED) is 0.879. The van der Waals surface area contributed by atoms with Gasteiger partial charge in [-0.3, -0.25) is 0 Å². The van der Waals surface area contributed by atoms with Gasteiger partial charge in [-0.15, -0.1) is 11.3 Å². The van der Waals surface area contributed by atoms with E-state index in [1.165, 1.54) is 21.6 Å². The maximum atomic E-state index is 5.92. The Morgan fingerprint density at radius 2 is 2.11 bits per heavy atom. The van der Waals surface area contributed by atoms with Crippen LogP contribution >= 0.6 is 11.3 Å². The SMILES string of the molecule is CCCc1c(N)ncnc1NCc1cc(C)c(C)s1. The van der Waals surface area contributed by atoms with Crippen molar-refractivity contribution in [2.75, 3.05) is 11.1 Å². The van der Waals surface area contributed by atoms with E-state index in [2.05, 4.69) is 42.1 Å². The first kappa shape index (κ1) is 13.8. The van der Waals surface area contributed by atoms with Gasteiger partial charge in [-0.2, -0.15) is 0 Å². The fourth-order valence-electron chi connectivity index (χ4n) is 1.98. The number of hydrogen-bond acceptors (Lipinski definition) is 5. The number of hydrogen-bond donors (Lipinski definition) is 2. The average molecular weight is 276 g/mol. The van der Waals surface area contributed by atoms with Crippen LogP contribution in [-0.4, -0.2) is 9.97 Å². The van der Waals surface area contributed by atoms with Gasteiger partial charge in [0, 0.05) is 15.3 Å². The lowest BCUT2D eigenvalue weighted by Crippen LogP contribution is -2.07. The highest BCUT2D eigenvalue weighted by Crippen LogP contribution is 2.23. The lowest BCUT2D eigenvalue weighted by atomic mass is 10.1. The van der Waals surface area contributed by atoms with Crippen LogP contribution in [0.25, 0.3) is 0 Å². The summed E-state index contributed by atoms with van der Waals surface area (Å²) in [5.74, 6) is 1.44. The monoisotopic (exact) mass is 276 g/mol. The molecule has 0 aliphatic carbocycles. The summed E-state index contributed by atoms with van der Waals surface area (Å²) >= 11 is 1.82. The molecule has 0 amide bonds. The number of aryl methyl sites for hydroxylation is 2. The molecule has 19 heavy (non-hydrogen) atoms. The third-order valence-electron chi connectivity index (χ3n) is 3.13. The number of thiophene rings is 1. The first-order valence-corrected chi connectivity index (χ1v) is 7.32. The van der Waals surface area contributed by atoms with E-state index >= 15 is 0 Å². The number of aromatic nitrogens is 2. The topological polar surface area (TPSA) is 63.8 Å². The predicted molar refractivity (Wildman–Crippen MR) is 81.6 cm³/mol. The van der Waals surface area contributed by atoms with Crippen molar-refractivity contribution in [1.29, 1.82) is 0 Å². The second-order valence-corrected chi connectivity index (χ2v) is 5.98. The van der Waals surface area contributed by atoms with E-state index in [1.807, 2.05) is 11.3 Å². The summed E-state index contributed by atoms with van der Waals surface area (Å²) in [6.07, 6.45) is 3.45. The highest BCUT2D eigenvalue weighted by Gasteiger charge is 2.09. The van der Waals surface area contributed by atoms with Crippen LogP contribution in [0.4, 0.5) is 11.6 Å². The van der Waals surface area contributed by atoms with Gasteiger partial charge in [-0.05, 0) is 31.9 Å². The molecule has 5 heteroatoms.